The van der Waals surface area contributed by atoms with Crippen LogP contribution < -0.4 is 10.7 Å². The van der Waals surface area contributed by atoms with Gasteiger partial charge in [0.2, 0.25) is 0 Å². The van der Waals surface area contributed by atoms with Gasteiger partial charge in [0.15, 0.2) is 0 Å². The van der Waals surface area contributed by atoms with Crippen LogP contribution in [0.25, 0.3) is 0 Å². The highest BCUT2D eigenvalue weighted by atomic mass is 19.4. The lowest BCUT2D eigenvalue weighted by atomic mass is 10.2. The lowest BCUT2D eigenvalue weighted by Gasteiger charge is -2.23. The fraction of sp³-hybridized carbons (Fsp3) is 0.308. The van der Waals surface area contributed by atoms with Crippen molar-refractivity contribution >= 4 is 11.7 Å². The van der Waals surface area contributed by atoms with Crippen LogP contribution in [-0.4, -0.2) is 24.1 Å². The Kier molecular flexibility index (Phi) is 4.29. The first kappa shape index (κ1) is 14.4. The van der Waals surface area contributed by atoms with Gasteiger partial charge in [-0.25, -0.2) is 9.80 Å². The van der Waals surface area contributed by atoms with E-state index in [4.69, 9.17) is 0 Å². The van der Waals surface area contributed by atoms with Gasteiger partial charge in [-0.05, 0) is 30.7 Å². The number of rotatable bonds is 2. The van der Waals surface area contributed by atoms with E-state index in [9.17, 15) is 18.0 Å². The van der Waals surface area contributed by atoms with Gasteiger partial charge in [0.25, 0.3) is 0 Å². The number of amides is 2. The number of benzene rings is 1. The topological polar surface area (TPSA) is 44.4 Å². The van der Waals surface area contributed by atoms with Gasteiger partial charge < -0.3 is 5.32 Å². The number of urea groups is 1. The number of hydrazine groups is 1. The second-order valence-corrected chi connectivity index (χ2v) is 4.35. The Bertz CT molecular complexity index is 497. The maximum Gasteiger partial charge on any atom is 0.416 e. The van der Waals surface area contributed by atoms with Crippen LogP contribution in [0.1, 0.15) is 12.0 Å². The monoisotopic (exact) mass is 285 g/mol. The Morgan fingerprint density at radius 1 is 1.15 bits per heavy atom. The summed E-state index contributed by atoms with van der Waals surface area (Å²) in [5, 5.41) is 4.21. The molecule has 0 bridgehead atoms. The Morgan fingerprint density at radius 2 is 1.85 bits per heavy atom. The summed E-state index contributed by atoms with van der Waals surface area (Å²) in [5.74, 6) is 0. The molecule has 2 rings (SSSR count). The molecule has 1 aromatic rings. The van der Waals surface area contributed by atoms with Crippen molar-refractivity contribution in [1.82, 2.24) is 10.4 Å². The molecule has 1 heterocycles. The van der Waals surface area contributed by atoms with Gasteiger partial charge >= 0.3 is 12.2 Å². The molecule has 0 saturated heterocycles. The number of carbonyl (C=O) groups excluding carboxylic acids is 1. The molecule has 0 unspecified atom stereocenters. The van der Waals surface area contributed by atoms with Crippen LogP contribution in [0.4, 0.5) is 23.7 Å². The number of carbonyl (C=O) groups is 1. The zero-order valence-corrected chi connectivity index (χ0v) is 10.6. The van der Waals surface area contributed by atoms with Crippen molar-refractivity contribution in [3.05, 3.63) is 42.0 Å². The zero-order valence-electron chi connectivity index (χ0n) is 10.6. The number of alkyl halides is 3. The predicted octanol–water partition coefficient (Wildman–Crippen LogP) is 3.00. The molecule has 0 radical (unpaired) electrons. The number of anilines is 1. The summed E-state index contributed by atoms with van der Waals surface area (Å²) in [6, 6.07) is 3.83. The lowest BCUT2D eigenvalue weighted by Crippen LogP contribution is -2.45. The predicted molar refractivity (Wildman–Crippen MR) is 68.9 cm³/mol. The van der Waals surface area contributed by atoms with Gasteiger partial charge in [-0.3, -0.25) is 5.43 Å². The first-order valence-corrected chi connectivity index (χ1v) is 6.10. The Morgan fingerprint density at radius 3 is 2.40 bits per heavy atom. The summed E-state index contributed by atoms with van der Waals surface area (Å²) in [5.41, 5.74) is 2.18. The standard InChI is InChI=1S/C13H14F3N3O/c14-13(15,16)10-4-6-11(7-5-10)17-12(20)18-19-8-2-1-3-9-19/h1-2,4-7H,3,8-9H2,(H2,17,18,20). The summed E-state index contributed by atoms with van der Waals surface area (Å²) < 4.78 is 37.1. The highest BCUT2D eigenvalue weighted by Crippen LogP contribution is 2.29. The molecule has 0 atom stereocenters. The van der Waals surface area contributed by atoms with Crippen molar-refractivity contribution < 1.29 is 18.0 Å². The van der Waals surface area contributed by atoms with Crippen LogP contribution in [0.5, 0.6) is 0 Å². The normalized spacial score (nSPS) is 15.9. The Labute approximate surface area is 114 Å². The van der Waals surface area contributed by atoms with Gasteiger partial charge in [-0.15, -0.1) is 0 Å². The SMILES string of the molecule is O=C(Nc1ccc(C(F)(F)F)cc1)NN1CC=CCC1. The van der Waals surface area contributed by atoms with Gasteiger partial charge in [0, 0.05) is 18.8 Å². The first-order chi connectivity index (χ1) is 9.45. The van der Waals surface area contributed by atoms with Crippen LogP contribution in [0.2, 0.25) is 0 Å². The fourth-order valence-electron chi connectivity index (χ4n) is 1.79. The van der Waals surface area contributed by atoms with Gasteiger partial charge in [-0.1, -0.05) is 12.2 Å². The minimum absolute atomic E-state index is 0.308. The van der Waals surface area contributed by atoms with E-state index in [1.54, 1.807) is 5.01 Å². The van der Waals surface area contributed by atoms with Gasteiger partial charge in [0.05, 0.1) is 5.56 Å². The highest BCUT2D eigenvalue weighted by molar-refractivity contribution is 5.88. The molecule has 108 valence electrons. The molecule has 0 aromatic heterocycles. The number of hydrogen-bond acceptors (Lipinski definition) is 2. The largest absolute Gasteiger partial charge is 0.416 e. The third-order valence-corrected chi connectivity index (χ3v) is 2.79. The van der Waals surface area contributed by atoms with E-state index < -0.39 is 17.8 Å². The maximum atomic E-state index is 12.4. The van der Waals surface area contributed by atoms with E-state index in [1.165, 1.54) is 12.1 Å². The summed E-state index contributed by atoms with van der Waals surface area (Å²) >= 11 is 0. The van der Waals surface area contributed by atoms with Crippen molar-refractivity contribution in [2.24, 2.45) is 0 Å². The van der Waals surface area contributed by atoms with Crippen LogP contribution in [0.3, 0.4) is 0 Å². The molecule has 1 aliphatic rings. The van der Waals surface area contributed by atoms with E-state index in [1.807, 2.05) is 12.2 Å². The first-order valence-electron chi connectivity index (χ1n) is 6.10. The number of nitrogens with zero attached hydrogens (tertiary/aromatic N) is 1. The van der Waals surface area contributed by atoms with E-state index >= 15 is 0 Å². The van der Waals surface area contributed by atoms with Crippen LogP contribution in [0.15, 0.2) is 36.4 Å². The molecule has 1 aromatic carbocycles. The van der Waals surface area contributed by atoms with Crippen molar-refractivity contribution in [3.8, 4) is 0 Å². The highest BCUT2D eigenvalue weighted by Gasteiger charge is 2.29. The van der Waals surface area contributed by atoms with Crippen LogP contribution in [0, 0.1) is 0 Å². The third kappa shape index (κ3) is 3.99. The van der Waals surface area contributed by atoms with Crippen molar-refractivity contribution in [1.29, 1.82) is 0 Å². The summed E-state index contributed by atoms with van der Waals surface area (Å²) in [6.45, 7) is 1.32. The van der Waals surface area contributed by atoms with E-state index in [-0.39, 0.29) is 0 Å². The van der Waals surface area contributed by atoms with Crippen molar-refractivity contribution in [2.45, 2.75) is 12.6 Å². The number of halogens is 3. The average molecular weight is 285 g/mol. The summed E-state index contributed by atoms with van der Waals surface area (Å²) in [7, 11) is 0. The fourth-order valence-corrected chi connectivity index (χ4v) is 1.79. The summed E-state index contributed by atoms with van der Waals surface area (Å²) in [6.07, 6.45) is 0.426. The van der Waals surface area contributed by atoms with E-state index in [0.29, 0.717) is 18.8 Å². The lowest BCUT2D eigenvalue weighted by molar-refractivity contribution is -0.137. The number of hydrogen-bond donors (Lipinski definition) is 2. The molecule has 0 saturated carbocycles. The Balaban J connectivity index is 1.89. The molecule has 4 nitrogen and oxygen atoms in total. The molecule has 2 amide bonds. The summed E-state index contributed by atoms with van der Waals surface area (Å²) in [4.78, 5) is 11.7. The second-order valence-electron chi connectivity index (χ2n) is 4.35. The third-order valence-electron chi connectivity index (χ3n) is 2.79. The minimum atomic E-state index is -4.37. The van der Waals surface area contributed by atoms with Gasteiger partial charge in [0.1, 0.15) is 0 Å². The molecule has 0 fully saturated rings. The molecule has 1 aliphatic heterocycles. The van der Waals surface area contributed by atoms with E-state index in [2.05, 4.69) is 10.7 Å². The molecular formula is C13H14F3N3O. The molecule has 20 heavy (non-hydrogen) atoms. The van der Waals surface area contributed by atoms with E-state index in [0.717, 1.165) is 18.6 Å². The average Bonchev–Trinajstić information content (AvgIpc) is 2.39. The quantitative estimate of drug-likeness (QED) is 0.820. The maximum absolute atomic E-state index is 12.4. The molecule has 0 aliphatic carbocycles. The minimum Gasteiger partial charge on any atom is -0.307 e. The molecule has 0 spiro atoms. The Hall–Kier alpha value is -2.02. The zero-order chi connectivity index (χ0) is 14.6. The smallest absolute Gasteiger partial charge is 0.307 e. The van der Waals surface area contributed by atoms with Crippen LogP contribution >= 0.6 is 0 Å². The van der Waals surface area contributed by atoms with Crippen molar-refractivity contribution in [3.63, 3.8) is 0 Å². The second kappa shape index (κ2) is 5.96. The van der Waals surface area contributed by atoms with Crippen LogP contribution in [-0.2, 0) is 6.18 Å². The van der Waals surface area contributed by atoms with Crippen molar-refractivity contribution in [2.75, 3.05) is 18.4 Å². The molecular weight excluding hydrogens is 271 g/mol. The number of nitrogens with one attached hydrogen (secondary N) is 2. The molecule has 7 heteroatoms. The van der Waals surface area contributed by atoms with Gasteiger partial charge in [-0.2, -0.15) is 13.2 Å². The molecule has 2 N–H and O–H groups in total.